The van der Waals surface area contributed by atoms with Gasteiger partial charge in [-0.15, -0.1) is 17.9 Å². The van der Waals surface area contributed by atoms with Crippen LogP contribution in [0.25, 0.3) is 0 Å². The number of likely N-dealkylation sites (tertiary alicyclic amines) is 2. The zero-order valence-electron chi connectivity index (χ0n) is 14.8. The smallest absolute Gasteiger partial charge is 0.263 e. The van der Waals surface area contributed by atoms with Crippen molar-refractivity contribution in [3.05, 3.63) is 34.5 Å². The molecule has 0 aliphatic carbocycles. The monoisotopic (exact) mass is 362 g/mol. The highest BCUT2D eigenvalue weighted by Crippen LogP contribution is 2.40. The number of ether oxygens (including phenoxy) is 1. The molecule has 2 aliphatic rings. The zero-order valence-corrected chi connectivity index (χ0v) is 15.6. The fraction of sp³-hybridized carbons (Fsp3) is 0.579. The zero-order chi connectivity index (χ0) is 17.9. The first-order chi connectivity index (χ1) is 12.1. The average molecular weight is 362 g/mol. The highest BCUT2D eigenvalue weighted by molar-refractivity contribution is 7.14. The normalized spacial score (nSPS) is 20.1. The quantitative estimate of drug-likeness (QED) is 0.757. The van der Waals surface area contributed by atoms with Gasteiger partial charge in [0.05, 0.1) is 11.5 Å². The predicted octanol–water partition coefficient (Wildman–Crippen LogP) is 2.93. The third kappa shape index (κ3) is 3.96. The molecule has 2 saturated heterocycles. The molecule has 0 bridgehead atoms. The van der Waals surface area contributed by atoms with E-state index in [-0.39, 0.29) is 17.2 Å². The lowest BCUT2D eigenvalue weighted by Gasteiger charge is -2.47. The molecule has 0 radical (unpaired) electrons. The van der Waals surface area contributed by atoms with Crippen LogP contribution in [-0.2, 0) is 16.1 Å². The Morgan fingerprint density at radius 3 is 2.80 bits per heavy atom. The van der Waals surface area contributed by atoms with Gasteiger partial charge in [-0.2, -0.15) is 0 Å². The van der Waals surface area contributed by atoms with Crippen LogP contribution < -0.4 is 0 Å². The van der Waals surface area contributed by atoms with Gasteiger partial charge in [-0.25, -0.2) is 0 Å². The maximum atomic E-state index is 12.7. The average Bonchev–Trinajstić information content (AvgIpc) is 3.08. The van der Waals surface area contributed by atoms with Crippen LogP contribution >= 0.6 is 11.3 Å². The highest BCUT2D eigenvalue weighted by Gasteiger charge is 2.41. The molecule has 3 heterocycles. The van der Waals surface area contributed by atoms with Crippen molar-refractivity contribution in [2.75, 3.05) is 33.3 Å². The fourth-order valence-electron chi connectivity index (χ4n) is 3.89. The number of rotatable bonds is 5. The minimum atomic E-state index is 0.122. The molecule has 1 aromatic rings. The standard InChI is InChI=1S/C19H26N2O3S/c1-3-10-21-14-19(7-6-17(21)22)8-11-20(12-9-19)18(23)16-5-4-15(25-16)13-24-2/h3-5H,1,6-14H2,2H3. The molecule has 0 saturated carbocycles. The first-order valence-corrected chi connectivity index (χ1v) is 9.64. The summed E-state index contributed by atoms with van der Waals surface area (Å²) in [5.74, 6) is 0.352. The molecule has 1 spiro atoms. The van der Waals surface area contributed by atoms with E-state index in [4.69, 9.17) is 4.74 Å². The van der Waals surface area contributed by atoms with Crippen molar-refractivity contribution < 1.29 is 14.3 Å². The molecular weight excluding hydrogens is 336 g/mol. The van der Waals surface area contributed by atoms with E-state index in [1.165, 1.54) is 11.3 Å². The van der Waals surface area contributed by atoms with E-state index in [0.29, 0.717) is 19.6 Å². The summed E-state index contributed by atoms with van der Waals surface area (Å²) in [5.41, 5.74) is 0.171. The van der Waals surface area contributed by atoms with Gasteiger partial charge in [0.25, 0.3) is 5.91 Å². The van der Waals surface area contributed by atoms with E-state index >= 15 is 0 Å². The second-order valence-electron chi connectivity index (χ2n) is 7.05. The summed E-state index contributed by atoms with van der Waals surface area (Å²) >= 11 is 1.51. The maximum Gasteiger partial charge on any atom is 0.263 e. The van der Waals surface area contributed by atoms with Crippen molar-refractivity contribution >= 4 is 23.2 Å². The van der Waals surface area contributed by atoms with Crippen LogP contribution in [0.4, 0.5) is 0 Å². The SMILES string of the molecule is C=CCN1CC2(CCC1=O)CCN(C(=O)c1ccc(COC)s1)CC2. The molecule has 0 aromatic carbocycles. The van der Waals surface area contributed by atoms with Gasteiger partial charge in [0.2, 0.25) is 5.91 Å². The fourth-order valence-corrected chi connectivity index (χ4v) is 4.83. The van der Waals surface area contributed by atoms with Gasteiger partial charge in [-0.1, -0.05) is 6.08 Å². The summed E-state index contributed by atoms with van der Waals surface area (Å²) in [4.78, 5) is 30.5. The van der Waals surface area contributed by atoms with Crippen LogP contribution in [0.2, 0.25) is 0 Å². The number of hydrogen-bond donors (Lipinski definition) is 0. The van der Waals surface area contributed by atoms with Gasteiger partial charge >= 0.3 is 0 Å². The molecule has 2 amide bonds. The summed E-state index contributed by atoms with van der Waals surface area (Å²) in [6.45, 7) is 7.27. The third-order valence-electron chi connectivity index (χ3n) is 5.37. The van der Waals surface area contributed by atoms with Crippen molar-refractivity contribution in [3.63, 3.8) is 0 Å². The Morgan fingerprint density at radius 1 is 1.36 bits per heavy atom. The first-order valence-electron chi connectivity index (χ1n) is 8.82. The Labute approximate surface area is 153 Å². The van der Waals surface area contributed by atoms with Gasteiger partial charge in [-0.05, 0) is 36.8 Å². The van der Waals surface area contributed by atoms with E-state index < -0.39 is 0 Å². The second kappa shape index (κ2) is 7.70. The summed E-state index contributed by atoms with van der Waals surface area (Å²) in [6, 6.07) is 3.86. The van der Waals surface area contributed by atoms with E-state index in [2.05, 4.69) is 6.58 Å². The van der Waals surface area contributed by atoms with Crippen LogP contribution in [0.15, 0.2) is 24.8 Å². The van der Waals surface area contributed by atoms with Crippen LogP contribution in [0, 0.1) is 5.41 Å². The van der Waals surface area contributed by atoms with Gasteiger partial charge in [0.1, 0.15) is 0 Å². The summed E-state index contributed by atoms with van der Waals surface area (Å²) < 4.78 is 5.13. The number of carbonyl (C=O) groups is 2. The molecule has 136 valence electrons. The number of piperidine rings is 2. The van der Waals surface area contributed by atoms with Crippen LogP contribution in [-0.4, -0.2) is 54.9 Å². The molecule has 2 fully saturated rings. The number of thiophene rings is 1. The van der Waals surface area contributed by atoms with Gasteiger partial charge in [-0.3, -0.25) is 9.59 Å². The molecular formula is C19H26N2O3S. The molecule has 5 nitrogen and oxygen atoms in total. The van der Waals surface area contributed by atoms with Gasteiger partial charge in [0.15, 0.2) is 0 Å². The van der Waals surface area contributed by atoms with E-state index in [9.17, 15) is 9.59 Å². The molecule has 3 rings (SSSR count). The lowest BCUT2D eigenvalue weighted by Crippen LogP contribution is -2.52. The second-order valence-corrected chi connectivity index (χ2v) is 8.22. The number of nitrogens with zero attached hydrogens (tertiary/aromatic N) is 2. The van der Waals surface area contributed by atoms with Crippen molar-refractivity contribution in [1.29, 1.82) is 0 Å². The Hall–Kier alpha value is -1.66. The summed E-state index contributed by atoms with van der Waals surface area (Å²) in [7, 11) is 1.66. The molecule has 1 aromatic heterocycles. The Bertz CT molecular complexity index is 647. The van der Waals surface area contributed by atoms with Crippen molar-refractivity contribution in [2.45, 2.75) is 32.3 Å². The number of carbonyl (C=O) groups excluding carboxylic acids is 2. The molecule has 0 atom stereocenters. The minimum Gasteiger partial charge on any atom is -0.379 e. The molecule has 0 N–H and O–H groups in total. The summed E-state index contributed by atoms with van der Waals surface area (Å²) in [5, 5.41) is 0. The topological polar surface area (TPSA) is 49.9 Å². The highest BCUT2D eigenvalue weighted by atomic mass is 32.1. The maximum absolute atomic E-state index is 12.7. The van der Waals surface area contributed by atoms with Crippen molar-refractivity contribution in [1.82, 2.24) is 9.80 Å². The van der Waals surface area contributed by atoms with Crippen LogP contribution in [0.5, 0.6) is 0 Å². The van der Waals surface area contributed by atoms with E-state index in [1.807, 2.05) is 21.9 Å². The Morgan fingerprint density at radius 2 is 2.12 bits per heavy atom. The predicted molar refractivity (Wildman–Crippen MR) is 98.6 cm³/mol. The lowest BCUT2D eigenvalue weighted by atomic mass is 9.72. The number of methoxy groups -OCH3 is 1. The molecule has 6 heteroatoms. The van der Waals surface area contributed by atoms with Gasteiger partial charge in [0, 0.05) is 44.6 Å². The van der Waals surface area contributed by atoms with Crippen LogP contribution in [0.3, 0.4) is 0 Å². The Balaban J connectivity index is 1.60. The molecule has 0 unspecified atom stereocenters. The lowest BCUT2D eigenvalue weighted by molar-refractivity contribution is -0.138. The molecule has 25 heavy (non-hydrogen) atoms. The van der Waals surface area contributed by atoms with Crippen LogP contribution in [0.1, 0.15) is 40.2 Å². The van der Waals surface area contributed by atoms with Crippen molar-refractivity contribution in [2.24, 2.45) is 5.41 Å². The Kier molecular flexibility index (Phi) is 5.59. The largest absolute Gasteiger partial charge is 0.379 e. The van der Waals surface area contributed by atoms with Crippen molar-refractivity contribution in [3.8, 4) is 0 Å². The van der Waals surface area contributed by atoms with E-state index in [1.54, 1.807) is 13.2 Å². The number of amides is 2. The number of hydrogen-bond acceptors (Lipinski definition) is 4. The van der Waals surface area contributed by atoms with Gasteiger partial charge < -0.3 is 14.5 Å². The van der Waals surface area contributed by atoms with E-state index in [0.717, 1.165) is 48.7 Å². The minimum absolute atomic E-state index is 0.122. The summed E-state index contributed by atoms with van der Waals surface area (Å²) in [6.07, 6.45) is 5.29. The third-order valence-corrected chi connectivity index (χ3v) is 6.41. The first kappa shape index (κ1) is 18.1. The molecule has 2 aliphatic heterocycles.